The molecule has 0 N–H and O–H groups in total. The molecule has 0 unspecified atom stereocenters. The van der Waals surface area contributed by atoms with Gasteiger partial charge >= 0.3 is 0 Å². The van der Waals surface area contributed by atoms with E-state index in [0.717, 1.165) is 5.75 Å². The Kier molecular flexibility index (Phi) is 3.19. The summed E-state index contributed by atoms with van der Waals surface area (Å²) in [5, 5.41) is 2.46. The van der Waals surface area contributed by atoms with E-state index in [9.17, 15) is 0 Å². The van der Waals surface area contributed by atoms with Crippen LogP contribution in [-0.4, -0.2) is 7.11 Å². The van der Waals surface area contributed by atoms with Gasteiger partial charge in [0.05, 0.1) is 7.11 Å². The zero-order valence-corrected chi connectivity index (χ0v) is 10.7. The van der Waals surface area contributed by atoms with Crippen molar-refractivity contribution in [1.29, 1.82) is 0 Å². The molecular formula is C16H18O. The van der Waals surface area contributed by atoms with Crippen molar-refractivity contribution in [2.75, 3.05) is 7.11 Å². The van der Waals surface area contributed by atoms with Gasteiger partial charge in [0, 0.05) is 5.92 Å². The molecule has 0 aliphatic heterocycles. The summed E-state index contributed by atoms with van der Waals surface area (Å²) in [5.41, 5.74) is 2.51. The summed E-state index contributed by atoms with van der Waals surface area (Å²) in [6, 6.07) is 12.7. The minimum atomic E-state index is 0.404. The maximum atomic E-state index is 5.22. The summed E-state index contributed by atoms with van der Waals surface area (Å²) in [6.45, 7) is 8.28. The molecule has 0 saturated carbocycles. The van der Waals surface area contributed by atoms with Crippen LogP contribution >= 0.6 is 0 Å². The molecule has 17 heavy (non-hydrogen) atoms. The van der Waals surface area contributed by atoms with Crippen LogP contribution in [0.5, 0.6) is 5.75 Å². The lowest BCUT2D eigenvalue weighted by molar-refractivity contribution is 0.415. The smallest absolute Gasteiger partial charge is 0.119 e. The molecule has 0 bridgehead atoms. The Morgan fingerprint density at radius 3 is 2.41 bits per heavy atom. The standard InChI is InChI=1S/C16H18O/c1-11(2)12(3)13-5-6-15-10-16(17-4)8-7-14(15)9-13/h5-10,12H,1H2,2-4H3/t12-/m1/s1. The number of fused-ring (bicyclic) bond motifs is 1. The average molecular weight is 226 g/mol. The minimum Gasteiger partial charge on any atom is -0.497 e. The van der Waals surface area contributed by atoms with Crippen LogP contribution in [0.15, 0.2) is 48.6 Å². The highest BCUT2D eigenvalue weighted by atomic mass is 16.5. The summed E-state index contributed by atoms with van der Waals surface area (Å²) in [4.78, 5) is 0. The van der Waals surface area contributed by atoms with Crippen LogP contribution in [0, 0.1) is 0 Å². The minimum absolute atomic E-state index is 0.404. The Labute approximate surface area is 103 Å². The van der Waals surface area contributed by atoms with Gasteiger partial charge in [-0.1, -0.05) is 43.3 Å². The SMILES string of the molecule is C=C(C)[C@@H](C)c1ccc2cc(OC)ccc2c1. The third-order valence-electron chi connectivity index (χ3n) is 3.31. The second-order valence-electron chi connectivity index (χ2n) is 4.54. The average Bonchev–Trinajstić information content (AvgIpc) is 2.36. The maximum Gasteiger partial charge on any atom is 0.119 e. The largest absolute Gasteiger partial charge is 0.497 e. The molecule has 0 heterocycles. The summed E-state index contributed by atoms with van der Waals surface area (Å²) in [6.07, 6.45) is 0. The molecule has 0 aliphatic rings. The Morgan fingerprint density at radius 2 is 1.76 bits per heavy atom. The van der Waals surface area contributed by atoms with E-state index in [2.05, 4.69) is 50.8 Å². The number of methoxy groups -OCH3 is 1. The van der Waals surface area contributed by atoms with E-state index in [0.29, 0.717) is 5.92 Å². The zero-order chi connectivity index (χ0) is 12.4. The molecule has 1 atom stereocenters. The van der Waals surface area contributed by atoms with Crippen LogP contribution in [0.25, 0.3) is 10.8 Å². The van der Waals surface area contributed by atoms with E-state index >= 15 is 0 Å². The fourth-order valence-corrected chi connectivity index (χ4v) is 1.92. The van der Waals surface area contributed by atoms with E-state index < -0.39 is 0 Å². The van der Waals surface area contributed by atoms with Gasteiger partial charge in [0.2, 0.25) is 0 Å². The molecule has 1 heteroatoms. The van der Waals surface area contributed by atoms with Gasteiger partial charge in [-0.25, -0.2) is 0 Å². The Bertz CT molecular complexity index is 554. The predicted molar refractivity (Wildman–Crippen MR) is 73.7 cm³/mol. The summed E-state index contributed by atoms with van der Waals surface area (Å²) in [5.74, 6) is 1.31. The molecule has 0 radical (unpaired) electrons. The molecule has 0 amide bonds. The normalized spacial score (nSPS) is 12.4. The lowest BCUT2D eigenvalue weighted by Gasteiger charge is -2.12. The van der Waals surface area contributed by atoms with Crippen LogP contribution in [0.1, 0.15) is 25.3 Å². The summed E-state index contributed by atoms with van der Waals surface area (Å²) >= 11 is 0. The van der Waals surface area contributed by atoms with Gasteiger partial charge in [-0.15, -0.1) is 0 Å². The fourth-order valence-electron chi connectivity index (χ4n) is 1.92. The molecular weight excluding hydrogens is 208 g/mol. The van der Waals surface area contributed by atoms with E-state index in [-0.39, 0.29) is 0 Å². The first kappa shape index (κ1) is 11.7. The topological polar surface area (TPSA) is 9.23 Å². The van der Waals surface area contributed by atoms with Crippen molar-refractivity contribution in [3.8, 4) is 5.75 Å². The first-order valence-electron chi connectivity index (χ1n) is 5.85. The highest BCUT2D eigenvalue weighted by Gasteiger charge is 2.06. The van der Waals surface area contributed by atoms with Crippen molar-refractivity contribution >= 4 is 10.8 Å². The van der Waals surface area contributed by atoms with Crippen LogP contribution in [0.4, 0.5) is 0 Å². The van der Waals surface area contributed by atoms with Crippen LogP contribution in [0.3, 0.4) is 0 Å². The molecule has 2 rings (SSSR count). The quantitative estimate of drug-likeness (QED) is 0.699. The Hall–Kier alpha value is -1.76. The molecule has 0 aliphatic carbocycles. The second kappa shape index (κ2) is 4.62. The Balaban J connectivity index is 2.48. The molecule has 1 nitrogen and oxygen atoms in total. The number of hydrogen-bond acceptors (Lipinski definition) is 1. The van der Waals surface area contributed by atoms with Gasteiger partial charge in [0.25, 0.3) is 0 Å². The number of hydrogen-bond donors (Lipinski definition) is 0. The monoisotopic (exact) mass is 226 g/mol. The van der Waals surface area contributed by atoms with Crippen molar-refractivity contribution < 1.29 is 4.74 Å². The van der Waals surface area contributed by atoms with Gasteiger partial charge in [0.15, 0.2) is 0 Å². The summed E-state index contributed by atoms with van der Waals surface area (Å²) in [7, 11) is 1.69. The van der Waals surface area contributed by atoms with Crippen molar-refractivity contribution in [1.82, 2.24) is 0 Å². The number of rotatable bonds is 3. The molecule has 2 aromatic rings. The zero-order valence-electron chi connectivity index (χ0n) is 10.7. The van der Waals surface area contributed by atoms with Gasteiger partial charge in [-0.3, -0.25) is 0 Å². The van der Waals surface area contributed by atoms with Crippen molar-refractivity contribution in [3.63, 3.8) is 0 Å². The van der Waals surface area contributed by atoms with Crippen molar-refractivity contribution in [2.24, 2.45) is 0 Å². The second-order valence-corrected chi connectivity index (χ2v) is 4.54. The molecule has 2 aromatic carbocycles. The van der Waals surface area contributed by atoms with Gasteiger partial charge in [-0.05, 0) is 35.4 Å². The number of ether oxygens (including phenoxy) is 1. The van der Waals surface area contributed by atoms with E-state index in [1.54, 1.807) is 7.11 Å². The highest BCUT2D eigenvalue weighted by Crippen LogP contribution is 2.27. The molecule has 0 aromatic heterocycles. The molecule has 0 spiro atoms. The number of benzene rings is 2. The predicted octanol–water partition coefficient (Wildman–Crippen LogP) is 4.53. The van der Waals surface area contributed by atoms with E-state index in [1.165, 1.54) is 21.9 Å². The third-order valence-corrected chi connectivity index (χ3v) is 3.31. The van der Waals surface area contributed by atoms with Crippen molar-refractivity contribution in [3.05, 3.63) is 54.1 Å². The van der Waals surface area contributed by atoms with E-state index in [1.807, 2.05) is 6.07 Å². The van der Waals surface area contributed by atoms with Gasteiger partial charge in [-0.2, -0.15) is 0 Å². The van der Waals surface area contributed by atoms with Gasteiger partial charge < -0.3 is 4.74 Å². The molecule has 0 fully saturated rings. The number of allylic oxidation sites excluding steroid dienone is 1. The highest BCUT2D eigenvalue weighted by molar-refractivity contribution is 5.84. The fraction of sp³-hybridized carbons (Fsp3) is 0.250. The Morgan fingerprint density at radius 1 is 1.12 bits per heavy atom. The summed E-state index contributed by atoms with van der Waals surface area (Å²) < 4.78 is 5.22. The maximum absolute atomic E-state index is 5.22. The van der Waals surface area contributed by atoms with E-state index in [4.69, 9.17) is 4.74 Å². The molecule has 0 saturated heterocycles. The lowest BCUT2D eigenvalue weighted by atomic mass is 9.93. The van der Waals surface area contributed by atoms with Crippen molar-refractivity contribution in [2.45, 2.75) is 19.8 Å². The van der Waals surface area contributed by atoms with Crippen LogP contribution < -0.4 is 4.74 Å². The molecule has 88 valence electrons. The van der Waals surface area contributed by atoms with Crippen LogP contribution in [0.2, 0.25) is 0 Å². The lowest BCUT2D eigenvalue weighted by Crippen LogP contribution is -1.93. The van der Waals surface area contributed by atoms with Gasteiger partial charge in [0.1, 0.15) is 5.75 Å². The van der Waals surface area contributed by atoms with Crippen LogP contribution in [-0.2, 0) is 0 Å². The third kappa shape index (κ3) is 2.33. The first-order valence-corrected chi connectivity index (χ1v) is 5.85. The first-order chi connectivity index (χ1) is 8.11.